The Morgan fingerprint density at radius 2 is 2.06 bits per heavy atom. The van der Waals surface area contributed by atoms with Crippen molar-refractivity contribution in [2.45, 2.75) is 0 Å². The minimum absolute atomic E-state index is 0.0934. The van der Waals surface area contributed by atoms with Gasteiger partial charge in [0.25, 0.3) is 0 Å². The van der Waals surface area contributed by atoms with Crippen LogP contribution in [0.3, 0.4) is 0 Å². The summed E-state index contributed by atoms with van der Waals surface area (Å²) in [6, 6.07) is 5.45. The van der Waals surface area contributed by atoms with Crippen molar-refractivity contribution in [3.8, 4) is 17.1 Å². The molecule has 16 heavy (non-hydrogen) atoms. The Labute approximate surface area is 95.1 Å². The van der Waals surface area contributed by atoms with E-state index in [4.69, 9.17) is 21.1 Å². The van der Waals surface area contributed by atoms with Gasteiger partial charge < -0.3 is 9.52 Å². The number of aromatic hydroxyl groups is 1. The van der Waals surface area contributed by atoms with Crippen molar-refractivity contribution in [3.05, 3.63) is 40.9 Å². The summed E-state index contributed by atoms with van der Waals surface area (Å²) in [6.45, 7) is 0. The van der Waals surface area contributed by atoms with Crippen LogP contribution >= 0.6 is 11.6 Å². The van der Waals surface area contributed by atoms with Gasteiger partial charge in [-0.1, -0.05) is 11.6 Å². The number of rotatable bonds is 2. The predicted octanol–water partition coefficient (Wildman–Crippen LogP) is 3.26. The van der Waals surface area contributed by atoms with Gasteiger partial charge in [0, 0.05) is 0 Å². The van der Waals surface area contributed by atoms with Gasteiger partial charge in [-0.05, 0) is 24.3 Å². The van der Waals surface area contributed by atoms with Crippen molar-refractivity contribution in [3.63, 3.8) is 0 Å². The van der Waals surface area contributed by atoms with Gasteiger partial charge in [-0.15, -0.1) is 0 Å². The summed E-state index contributed by atoms with van der Waals surface area (Å²) < 4.78 is 18.7. The zero-order chi connectivity index (χ0) is 11.7. The standard InChI is InChI=1S/C11H6ClFO3/c12-10-8(15)3-2-7(11(10)13)9-4-1-6(5-14)16-9/h1-5,15H. The van der Waals surface area contributed by atoms with Crippen molar-refractivity contribution in [2.24, 2.45) is 0 Å². The Balaban J connectivity index is 2.56. The molecule has 1 N–H and O–H groups in total. The van der Waals surface area contributed by atoms with Gasteiger partial charge in [0.1, 0.15) is 16.5 Å². The highest BCUT2D eigenvalue weighted by atomic mass is 35.5. The molecular weight excluding hydrogens is 235 g/mol. The fourth-order valence-electron chi connectivity index (χ4n) is 1.29. The molecule has 0 aliphatic carbocycles. The molecular formula is C11H6ClFO3. The summed E-state index contributed by atoms with van der Waals surface area (Å²) >= 11 is 5.54. The first kappa shape index (κ1) is 10.7. The van der Waals surface area contributed by atoms with Gasteiger partial charge in [0.05, 0.1) is 5.56 Å². The van der Waals surface area contributed by atoms with Gasteiger partial charge in [-0.3, -0.25) is 4.79 Å². The number of halogens is 2. The average Bonchev–Trinajstić information content (AvgIpc) is 2.74. The normalized spacial score (nSPS) is 10.4. The van der Waals surface area contributed by atoms with Crippen molar-refractivity contribution in [1.82, 2.24) is 0 Å². The maximum Gasteiger partial charge on any atom is 0.185 e. The summed E-state index contributed by atoms with van der Waals surface area (Å²) in [6.07, 6.45) is 0.517. The van der Waals surface area contributed by atoms with E-state index >= 15 is 0 Å². The molecule has 0 fully saturated rings. The number of carbonyl (C=O) groups is 1. The molecule has 0 radical (unpaired) electrons. The number of furan rings is 1. The monoisotopic (exact) mass is 240 g/mol. The Hall–Kier alpha value is -1.81. The highest BCUT2D eigenvalue weighted by molar-refractivity contribution is 6.32. The predicted molar refractivity (Wildman–Crippen MR) is 56.2 cm³/mol. The largest absolute Gasteiger partial charge is 0.506 e. The van der Waals surface area contributed by atoms with E-state index in [9.17, 15) is 9.18 Å². The molecule has 1 aromatic carbocycles. The smallest absolute Gasteiger partial charge is 0.185 e. The van der Waals surface area contributed by atoms with E-state index in [-0.39, 0.29) is 27.9 Å². The van der Waals surface area contributed by atoms with Crippen LogP contribution < -0.4 is 0 Å². The molecule has 0 atom stereocenters. The number of hydrogen-bond donors (Lipinski definition) is 1. The number of carbonyl (C=O) groups excluding carboxylic acids is 1. The average molecular weight is 241 g/mol. The maximum absolute atomic E-state index is 13.6. The molecule has 3 nitrogen and oxygen atoms in total. The van der Waals surface area contributed by atoms with Crippen LogP contribution in [0, 0.1) is 5.82 Å². The molecule has 0 amide bonds. The third kappa shape index (κ3) is 1.67. The SMILES string of the molecule is O=Cc1ccc(-c2ccc(O)c(Cl)c2F)o1. The highest BCUT2D eigenvalue weighted by Crippen LogP contribution is 2.34. The fraction of sp³-hybridized carbons (Fsp3) is 0. The molecule has 0 bridgehead atoms. The minimum atomic E-state index is -0.784. The molecule has 0 aliphatic heterocycles. The first-order chi connectivity index (χ1) is 7.63. The summed E-state index contributed by atoms with van der Waals surface area (Å²) in [5.74, 6) is -0.848. The van der Waals surface area contributed by atoms with Gasteiger partial charge in [-0.2, -0.15) is 0 Å². The Kier molecular flexibility index (Phi) is 2.66. The van der Waals surface area contributed by atoms with Crippen LogP contribution in [0.4, 0.5) is 4.39 Å². The molecule has 2 rings (SSSR count). The van der Waals surface area contributed by atoms with Crippen LogP contribution in [0.25, 0.3) is 11.3 Å². The molecule has 82 valence electrons. The Bertz CT molecular complexity index is 548. The molecule has 1 aromatic heterocycles. The molecule has 0 saturated heterocycles. The van der Waals surface area contributed by atoms with Crippen molar-refractivity contribution < 1.29 is 18.7 Å². The quantitative estimate of drug-likeness (QED) is 0.820. The number of hydrogen-bond acceptors (Lipinski definition) is 3. The van der Waals surface area contributed by atoms with Gasteiger partial charge in [-0.25, -0.2) is 4.39 Å². The van der Waals surface area contributed by atoms with E-state index in [1.54, 1.807) is 0 Å². The zero-order valence-electron chi connectivity index (χ0n) is 7.91. The van der Waals surface area contributed by atoms with Gasteiger partial charge >= 0.3 is 0 Å². The van der Waals surface area contributed by atoms with Crippen LogP contribution in [0.15, 0.2) is 28.7 Å². The van der Waals surface area contributed by atoms with E-state index in [1.807, 2.05) is 0 Å². The highest BCUT2D eigenvalue weighted by Gasteiger charge is 2.15. The minimum Gasteiger partial charge on any atom is -0.506 e. The van der Waals surface area contributed by atoms with Crippen LogP contribution in [0.1, 0.15) is 10.6 Å². The molecule has 0 spiro atoms. The summed E-state index contributed by atoms with van der Waals surface area (Å²) in [5, 5.41) is 8.79. The maximum atomic E-state index is 13.6. The van der Waals surface area contributed by atoms with E-state index < -0.39 is 5.82 Å². The number of benzene rings is 1. The molecule has 5 heteroatoms. The van der Waals surface area contributed by atoms with E-state index in [0.29, 0.717) is 6.29 Å². The molecule has 1 heterocycles. The van der Waals surface area contributed by atoms with E-state index in [1.165, 1.54) is 24.3 Å². The van der Waals surface area contributed by atoms with Gasteiger partial charge in [0.2, 0.25) is 0 Å². The third-order valence-corrected chi connectivity index (χ3v) is 2.43. The molecule has 0 aliphatic rings. The first-order valence-electron chi connectivity index (χ1n) is 4.36. The van der Waals surface area contributed by atoms with E-state index in [2.05, 4.69) is 0 Å². The second kappa shape index (κ2) is 3.98. The first-order valence-corrected chi connectivity index (χ1v) is 4.73. The van der Waals surface area contributed by atoms with Crippen LogP contribution in [-0.4, -0.2) is 11.4 Å². The summed E-state index contributed by atoms with van der Waals surface area (Å²) in [7, 11) is 0. The lowest BCUT2D eigenvalue weighted by Gasteiger charge is -2.02. The van der Waals surface area contributed by atoms with Crippen molar-refractivity contribution in [2.75, 3.05) is 0 Å². The second-order valence-electron chi connectivity index (χ2n) is 3.08. The van der Waals surface area contributed by atoms with Crippen molar-refractivity contribution in [1.29, 1.82) is 0 Å². The lowest BCUT2D eigenvalue weighted by atomic mass is 10.1. The summed E-state index contributed by atoms with van der Waals surface area (Å²) in [5.41, 5.74) is 0.0934. The van der Waals surface area contributed by atoms with Crippen LogP contribution in [0.2, 0.25) is 5.02 Å². The second-order valence-corrected chi connectivity index (χ2v) is 3.46. The zero-order valence-corrected chi connectivity index (χ0v) is 8.66. The third-order valence-electron chi connectivity index (χ3n) is 2.07. The molecule has 0 unspecified atom stereocenters. The number of phenols is 1. The lowest BCUT2D eigenvalue weighted by Crippen LogP contribution is -1.84. The summed E-state index contributed by atoms with van der Waals surface area (Å²) in [4.78, 5) is 10.4. The number of aldehydes is 1. The van der Waals surface area contributed by atoms with Gasteiger partial charge in [0.15, 0.2) is 17.9 Å². The fourth-order valence-corrected chi connectivity index (χ4v) is 1.46. The van der Waals surface area contributed by atoms with Crippen LogP contribution in [-0.2, 0) is 0 Å². The van der Waals surface area contributed by atoms with Crippen LogP contribution in [0.5, 0.6) is 5.75 Å². The topological polar surface area (TPSA) is 50.4 Å². The Morgan fingerprint density at radius 1 is 1.31 bits per heavy atom. The molecule has 2 aromatic rings. The van der Waals surface area contributed by atoms with E-state index in [0.717, 1.165) is 0 Å². The van der Waals surface area contributed by atoms with Crippen molar-refractivity contribution >= 4 is 17.9 Å². The number of phenolic OH excluding ortho intramolecular Hbond substituents is 1. The molecule has 0 saturated carbocycles. The Morgan fingerprint density at radius 3 is 2.69 bits per heavy atom. The lowest BCUT2D eigenvalue weighted by molar-refractivity contribution is 0.110.